The van der Waals surface area contributed by atoms with E-state index in [0.29, 0.717) is 35.7 Å². The molecular formula is C29H33N3O5S. The molecule has 2 amide bonds. The summed E-state index contributed by atoms with van der Waals surface area (Å²) in [6, 6.07) is 21.9. The van der Waals surface area contributed by atoms with Crippen LogP contribution in [0.15, 0.2) is 72.8 Å². The van der Waals surface area contributed by atoms with Crippen molar-refractivity contribution >= 4 is 33.2 Å². The second-order valence-electron chi connectivity index (χ2n) is 10.4. The molecule has 8 nitrogen and oxygen atoms in total. The second kappa shape index (κ2) is 10.9. The van der Waals surface area contributed by atoms with Crippen LogP contribution in [0.2, 0.25) is 0 Å². The number of sulfonamides is 1. The standard InChI is InChI=1S/C29H33N3O5S/c1-29(2,3)21-14-15-25-24(18-21)32(38(4,35)36)19-26(37-25)28(34)31-23-13-9-8-12-22(23)27(33)30-17-16-20-10-6-5-7-11-20/h5-15,18,26H,16-17,19H2,1-4H3,(H,30,33)(H,31,34). The Morgan fingerprint density at radius 1 is 1.00 bits per heavy atom. The Morgan fingerprint density at radius 3 is 2.37 bits per heavy atom. The topological polar surface area (TPSA) is 105 Å². The molecule has 3 aromatic rings. The molecule has 1 aliphatic rings. The van der Waals surface area contributed by atoms with E-state index in [1.54, 1.807) is 36.4 Å². The Kier molecular flexibility index (Phi) is 7.78. The average molecular weight is 536 g/mol. The van der Waals surface area contributed by atoms with Crippen molar-refractivity contribution < 1.29 is 22.7 Å². The molecule has 0 saturated carbocycles. The zero-order valence-electron chi connectivity index (χ0n) is 22.0. The molecule has 0 radical (unpaired) electrons. The van der Waals surface area contributed by atoms with Gasteiger partial charge in [-0.25, -0.2) is 8.42 Å². The normalized spacial score (nSPS) is 15.3. The monoisotopic (exact) mass is 535 g/mol. The number of hydrogen-bond donors (Lipinski definition) is 2. The van der Waals surface area contributed by atoms with E-state index in [4.69, 9.17) is 4.74 Å². The number of fused-ring (bicyclic) bond motifs is 1. The fraction of sp³-hybridized carbons (Fsp3) is 0.310. The molecular weight excluding hydrogens is 502 g/mol. The highest BCUT2D eigenvalue weighted by atomic mass is 32.2. The number of para-hydroxylation sites is 1. The van der Waals surface area contributed by atoms with Crippen molar-refractivity contribution in [3.8, 4) is 5.75 Å². The molecule has 1 unspecified atom stereocenters. The van der Waals surface area contributed by atoms with Crippen LogP contribution in [0.4, 0.5) is 11.4 Å². The summed E-state index contributed by atoms with van der Waals surface area (Å²) in [5.74, 6) is -0.560. The lowest BCUT2D eigenvalue weighted by atomic mass is 9.86. The third-order valence-electron chi connectivity index (χ3n) is 6.36. The highest BCUT2D eigenvalue weighted by Crippen LogP contribution is 2.38. The van der Waals surface area contributed by atoms with Crippen LogP contribution >= 0.6 is 0 Å². The lowest BCUT2D eigenvalue weighted by molar-refractivity contribution is -0.122. The van der Waals surface area contributed by atoms with Gasteiger partial charge >= 0.3 is 0 Å². The van der Waals surface area contributed by atoms with Crippen LogP contribution in [-0.4, -0.2) is 45.7 Å². The van der Waals surface area contributed by atoms with Gasteiger partial charge in [-0.2, -0.15) is 0 Å². The third-order valence-corrected chi connectivity index (χ3v) is 7.51. The molecule has 4 rings (SSSR count). The van der Waals surface area contributed by atoms with E-state index in [9.17, 15) is 18.0 Å². The van der Waals surface area contributed by atoms with E-state index in [0.717, 1.165) is 17.4 Å². The number of carbonyl (C=O) groups excluding carboxylic acids is 2. The summed E-state index contributed by atoms with van der Waals surface area (Å²) in [5.41, 5.74) is 2.88. The zero-order valence-corrected chi connectivity index (χ0v) is 22.8. The molecule has 0 fully saturated rings. The number of nitrogens with one attached hydrogen (secondary N) is 2. The summed E-state index contributed by atoms with van der Waals surface area (Å²) in [5, 5.41) is 5.65. The maximum Gasteiger partial charge on any atom is 0.267 e. The van der Waals surface area contributed by atoms with Gasteiger partial charge in [0.15, 0.2) is 6.10 Å². The van der Waals surface area contributed by atoms with Gasteiger partial charge in [0.2, 0.25) is 10.0 Å². The van der Waals surface area contributed by atoms with E-state index in [2.05, 4.69) is 10.6 Å². The Balaban J connectivity index is 1.50. The quantitative estimate of drug-likeness (QED) is 0.474. The van der Waals surface area contributed by atoms with Gasteiger partial charge in [-0.05, 0) is 47.2 Å². The van der Waals surface area contributed by atoms with Crippen molar-refractivity contribution in [2.75, 3.05) is 29.0 Å². The van der Waals surface area contributed by atoms with Crippen LogP contribution in [0.1, 0.15) is 42.3 Å². The first kappa shape index (κ1) is 27.2. The van der Waals surface area contributed by atoms with Gasteiger partial charge in [-0.3, -0.25) is 13.9 Å². The molecule has 0 aromatic heterocycles. The molecule has 38 heavy (non-hydrogen) atoms. The summed E-state index contributed by atoms with van der Waals surface area (Å²) in [7, 11) is -3.69. The molecule has 0 spiro atoms. The second-order valence-corrected chi connectivity index (χ2v) is 12.3. The predicted molar refractivity (Wildman–Crippen MR) is 149 cm³/mol. The van der Waals surface area contributed by atoms with E-state index in [-0.39, 0.29) is 17.9 Å². The first-order valence-corrected chi connectivity index (χ1v) is 14.3. The summed E-state index contributed by atoms with van der Waals surface area (Å²) in [6.45, 7) is 6.36. The van der Waals surface area contributed by atoms with Crippen molar-refractivity contribution in [2.24, 2.45) is 0 Å². The molecule has 0 saturated heterocycles. The lowest BCUT2D eigenvalue weighted by Gasteiger charge is -2.35. The molecule has 1 atom stereocenters. The average Bonchev–Trinajstić information content (AvgIpc) is 2.87. The minimum Gasteiger partial charge on any atom is -0.476 e. The van der Waals surface area contributed by atoms with E-state index in [1.165, 1.54) is 4.31 Å². The summed E-state index contributed by atoms with van der Waals surface area (Å²) in [6.07, 6.45) is 0.678. The van der Waals surface area contributed by atoms with Crippen molar-refractivity contribution in [3.05, 3.63) is 89.5 Å². The number of anilines is 2. The van der Waals surface area contributed by atoms with Crippen molar-refractivity contribution in [1.82, 2.24) is 5.32 Å². The van der Waals surface area contributed by atoms with Crippen LogP contribution in [0, 0.1) is 0 Å². The number of amides is 2. The maximum absolute atomic E-state index is 13.3. The SMILES string of the molecule is CC(C)(C)c1ccc2c(c1)N(S(C)(=O)=O)CC(C(=O)Nc1ccccc1C(=O)NCCc1ccccc1)O2. The molecule has 0 aliphatic carbocycles. The van der Waals surface area contributed by atoms with Gasteiger partial charge < -0.3 is 15.4 Å². The Morgan fingerprint density at radius 2 is 1.68 bits per heavy atom. The molecule has 3 aromatic carbocycles. The fourth-order valence-corrected chi connectivity index (χ4v) is 5.14. The summed E-state index contributed by atoms with van der Waals surface area (Å²) in [4.78, 5) is 26.2. The first-order chi connectivity index (χ1) is 17.9. The fourth-order valence-electron chi connectivity index (χ4n) is 4.23. The number of nitrogens with zero attached hydrogens (tertiary/aromatic N) is 1. The third kappa shape index (κ3) is 6.34. The van der Waals surface area contributed by atoms with Gasteiger partial charge in [0.05, 0.1) is 29.7 Å². The first-order valence-electron chi connectivity index (χ1n) is 12.4. The van der Waals surface area contributed by atoms with Crippen LogP contribution in [-0.2, 0) is 26.7 Å². The molecule has 1 aliphatic heterocycles. The number of hydrogen-bond acceptors (Lipinski definition) is 5. The molecule has 0 bridgehead atoms. The summed E-state index contributed by atoms with van der Waals surface area (Å²) >= 11 is 0. The van der Waals surface area contributed by atoms with Crippen LogP contribution in [0.5, 0.6) is 5.75 Å². The predicted octanol–water partition coefficient (Wildman–Crippen LogP) is 4.12. The highest BCUT2D eigenvalue weighted by molar-refractivity contribution is 7.92. The number of carbonyl (C=O) groups is 2. The molecule has 9 heteroatoms. The molecule has 1 heterocycles. The van der Waals surface area contributed by atoms with Gasteiger partial charge in [0, 0.05) is 6.54 Å². The largest absolute Gasteiger partial charge is 0.476 e. The summed E-state index contributed by atoms with van der Waals surface area (Å²) < 4.78 is 32.5. The number of benzene rings is 3. The zero-order chi connectivity index (χ0) is 27.5. The minimum absolute atomic E-state index is 0.184. The van der Waals surface area contributed by atoms with Crippen molar-refractivity contribution in [3.63, 3.8) is 0 Å². The van der Waals surface area contributed by atoms with E-state index >= 15 is 0 Å². The number of rotatable bonds is 7. The van der Waals surface area contributed by atoms with Crippen LogP contribution in [0.25, 0.3) is 0 Å². The Labute approximate surface area is 224 Å². The minimum atomic E-state index is -3.69. The molecule has 200 valence electrons. The smallest absolute Gasteiger partial charge is 0.267 e. The van der Waals surface area contributed by atoms with Crippen molar-refractivity contribution in [1.29, 1.82) is 0 Å². The molecule has 2 N–H and O–H groups in total. The van der Waals surface area contributed by atoms with E-state index < -0.39 is 22.0 Å². The van der Waals surface area contributed by atoms with Gasteiger partial charge in [0.25, 0.3) is 11.8 Å². The van der Waals surface area contributed by atoms with Crippen LogP contribution in [0.3, 0.4) is 0 Å². The Hall–Kier alpha value is -3.85. The Bertz CT molecular complexity index is 1430. The highest BCUT2D eigenvalue weighted by Gasteiger charge is 2.36. The van der Waals surface area contributed by atoms with Crippen LogP contribution < -0.4 is 19.7 Å². The van der Waals surface area contributed by atoms with Gasteiger partial charge in [0.1, 0.15) is 5.75 Å². The van der Waals surface area contributed by atoms with Crippen molar-refractivity contribution in [2.45, 2.75) is 38.7 Å². The maximum atomic E-state index is 13.3. The number of ether oxygens (including phenoxy) is 1. The van der Waals surface area contributed by atoms with E-state index in [1.807, 2.05) is 57.2 Å². The van der Waals surface area contributed by atoms with Gasteiger partial charge in [-0.15, -0.1) is 0 Å². The van der Waals surface area contributed by atoms with Gasteiger partial charge in [-0.1, -0.05) is 69.3 Å². The lowest BCUT2D eigenvalue weighted by Crippen LogP contribution is -2.48.